The molecule has 0 radical (unpaired) electrons. The van der Waals surface area contributed by atoms with Crippen LogP contribution >= 0.6 is 0 Å². The van der Waals surface area contributed by atoms with Crippen LogP contribution in [0.4, 0.5) is 0 Å². The first-order valence-electron chi connectivity index (χ1n) is 8.55. The summed E-state index contributed by atoms with van der Waals surface area (Å²) in [6.07, 6.45) is 0.788. The molecule has 0 aliphatic heterocycles. The number of aromatic nitrogens is 2. The van der Waals surface area contributed by atoms with Gasteiger partial charge in [-0.1, -0.05) is 56.3 Å². The highest BCUT2D eigenvalue weighted by Gasteiger charge is 2.13. The third kappa shape index (κ3) is 3.26. The van der Waals surface area contributed by atoms with E-state index in [4.69, 9.17) is 10.8 Å². The lowest BCUT2D eigenvalue weighted by atomic mass is 10.0. The Bertz CT molecular complexity index is 813. The molecular formula is C21H25N3. The standard InChI is InChI=1S/C21H25N3/c1-15(2)17-8-10-18(11-9-17)21-14-19(12-13-22)23-24(21)20-7-5-4-6-16(20)3/h4-11,14-15H,12-13,22H2,1-3H3. The predicted molar refractivity (Wildman–Crippen MR) is 101 cm³/mol. The fourth-order valence-electron chi connectivity index (χ4n) is 2.93. The molecule has 0 fully saturated rings. The van der Waals surface area contributed by atoms with Gasteiger partial charge in [-0.15, -0.1) is 0 Å². The molecule has 0 saturated heterocycles. The highest BCUT2D eigenvalue weighted by Crippen LogP contribution is 2.27. The van der Waals surface area contributed by atoms with Crippen LogP contribution in [0.5, 0.6) is 0 Å². The fourth-order valence-corrected chi connectivity index (χ4v) is 2.93. The lowest BCUT2D eigenvalue weighted by Gasteiger charge is -2.11. The average Bonchev–Trinajstić information content (AvgIpc) is 2.99. The van der Waals surface area contributed by atoms with Crippen molar-refractivity contribution in [2.24, 2.45) is 5.73 Å². The Morgan fingerprint density at radius 1 is 1.04 bits per heavy atom. The minimum atomic E-state index is 0.535. The average molecular weight is 319 g/mol. The molecule has 1 aromatic heterocycles. The molecule has 0 amide bonds. The molecule has 3 nitrogen and oxygen atoms in total. The second-order valence-electron chi connectivity index (χ2n) is 6.53. The van der Waals surface area contributed by atoms with Crippen LogP contribution in [-0.4, -0.2) is 16.3 Å². The van der Waals surface area contributed by atoms with Crippen molar-refractivity contribution in [3.63, 3.8) is 0 Å². The molecule has 0 saturated carbocycles. The number of nitrogens with zero attached hydrogens (tertiary/aromatic N) is 2. The zero-order valence-corrected chi connectivity index (χ0v) is 14.7. The number of para-hydroxylation sites is 1. The lowest BCUT2D eigenvalue weighted by molar-refractivity contribution is 0.821. The van der Waals surface area contributed by atoms with Gasteiger partial charge in [-0.05, 0) is 42.6 Å². The quantitative estimate of drug-likeness (QED) is 0.754. The predicted octanol–water partition coefficient (Wildman–Crippen LogP) is 4.47. The van der Waals surface area contributed by atoms with Crippen LogP contribution < -0.4 is 5.73 Å². The van der Waals surface area contributed by atoms with Crippen molar-refractivity contribution in [3.8, 4) is 16.9 Å². The third-order valence-corrected chi connectivity index (χ3v) is 4.38. The van der Waals surface area contributed by atoms with E-state index in [1.165, 1.54) is 16.7 Å². The number of hydrogen-bond donors (Lipinski definition) is 1. The minimum Gasteiger partial charge on any atom is -0.330 e. The highest BCUT2D eigenvalue weighted by atomic mass is 15.3. The van der Waals surface area contributed by atoms with Crippen LogP contribution in [0, 0.1) is 6.92 Å². The Labute approximate surface area is 144 Å². The summed E-state index contributed by atoms with van der Waals surface area (Å²) < 4.78 is 2.05. The van der Waals surface area contributed by atoms with Gasteiger partial charge in [0, 0.05) is 12.0 Å². The maximum Gasteiger partial charge on any atom is 0.0743 e. The Morgan fingerprint density at radius 2 is 1.75 bits per heavy atom. The molecule has 0 aliphatic rings. The Morgan fingerprint density at radius 3 is 2.38 bits per heavy atom. The molecule has 0 bridgehead atoms. The van der Waals surface area contributed by atoms with Crippen molar-refractivity contribution >= 4 is 0 Å². The van der Waals surface area contributed by atoms with E-state index in [0.717, 1.165) is 23.5 Å². The molecule has 0 spiro atoms. The molecule has 0 aliphatic carbocycles. The van der Waals surface area contributed by atoms with Crippen LogP contribution in [0.25, 0.3) is 16.9 Å². The van der Waals surface area contributed by atoms with Gasteiger partial charge < -0.3 is 5.73 Å². The number of benzene rings is 2. The molecule has 0 unspecified atom stereocenters. The van der Waals surface area contributed by atoms with Gasteiger partial charge in [-0.3, -0.25) is 0 Å². The van der Waals surface area contributed by atoms with Gasteiger partial charge >= 0.3 is 0 Å². The second kappa shape index (κ2) is 7.02. The van der Waals surface area contributed by atoms with E-state index in [-0.39, 0.29) is 0 Å². The van der Waals surface area contributed by atoms with Crippen molar-refractivity contribution in [3.05, 3.63) is 71.4 Å². The van der Waals surface area contributed by atoms with Crippen LogP contribution in [0.3, 0.4) is 0 Å². The zero-order chi connectivity index (χ0) is 17.1. The first-order chi connectivity index (χ1) is 11.6. The number of hydrogen-bond acceptors (Lipinski definition) is 2. The van der Waals surface area contributed by atoms with Crippen LogP contribution in [-0.2, 0) is 6.42 Å². The molecule has 124 valence electrons. The van der Waals surface area contributed by atoms with E-state index < -0.39 is 0 Å². The molecule has 2 aromatic carbocycles. The van der Waals surface area contributed by atoms with E-state index in [9.17, 15) is 0 Å². The summed E-state index contributed by atoms with van der Waals surface area (Å²) in [6.45, 7) is 7.15. The molecule has 2 N–H and O–H groups in total. The minimum absolute atomic E-state index is 0.535. The number of nitrogens with two attached hydrogens (primary N) is 1. The summed E-state index contributed by atoms with van der Waals surface area (Å²) in [4.78, 5) is 0. The summed E-state index contributed by atoms with van der Waals surface area (Å²) in [5.74, 6) is 0.535. The van der Waals surface area contributed by atoms with Crippen molar-refractivity contribution in [1.29, 1.82) is 0 Å². The van der Waals surface area contributed by atoms with Gasteiger partial charge in [0.05, 0.1) is 17.1 Å². The highest BCUT2D eigenvalue weighted by molar-refractivity contribution is 5.64. The first-order valence-corrected chi connectivity index (χ1v) is 8.55. The molecule has 1 heterocycles. The van der Waals surface area contributed by atoms with E-state index in [0.29, 0.717) is 12.5 Å². The van der Waals surface area contributed by atoms with Crippen molar-refractivity contribution < 1.29 is 0 Å². The topological polar surface area (TPSA) is 43.8 Å². The van der Waals surface area contributed by atoms with Crippen molar-refractivity contribution in [2.45, 2.75) is 33.1 Å². The van der Waals surface area contributed by atoms with Gasteiger partial charge in [-0.2, -0.15) is 5.10 Å². The molecule has 0 atom stereocenters. The monoisotopic (exact) mass is 319 g/mol. The zero-order valence-electron chi connectivity index (χ0n) is 14.7. The summed E-state index contributed by atoms with van der Waals surface area (Å²) in [5, 5.41) is 4.80. The smallest absolute Gasteiger partial charge is 0.0743 e. The maximum atomic E-state index is 5.73. The number of aryl methyl sites for hydroxylation is 1. The van der Waals surface area contributed by atoms with E-state index in [1.807, 2.05) is 4.68 Å². The number of rotatable bonds is 5. The van der Waals surface area contributed by atoms with Crippen LogP contribution in [0.1, 0.15) is 36.6 Å². The summed E-state index contributed by atoms with van der Waals surface area (Å²) in [7, 11) is 0. The molecule has 3 rings (SSSR count). The van der Waals surface area contributed by atoms with E-state index in [1.54, 1.807) is 0 Å². The Kier molecular flexibility index (Phi) is 4.81. The van der Waals surface area contributed by atoms with Gasteiger partial charge in [-0.25, -0.2) is 4.68 Å². The Balaban J connectivity index is 2.11. The molecule has 3 aromatic rings. The fraction of sp³-hybridized carbons (Fsp3) is 0.286. The molecule has 24 heavy (non-hydrogen) atoms. The maximum absolute atomic E-state index is 5.73. The van der Waals surface area contributed by atoms with Gasteiger partial charge in [0.1, 0.15) is 0 Å². The molecular weight excluding hydrogens is 294 g/mol. The van der Waals surface area contributed by atoms with E-state index in [2.05, 4.69) is 75.4 Å². The van der Waals surface area contributed by atoms with Crippen molar-refractivity contribution in [2.75, 3.05) is 6.54 Å². The van der Waals surface area contributed by atoms with Gasteiger partial charge in [0.25, 0.3) is 0 Å². The van der Waals surface area contributed by atoms with Crippen LogP contribution in [0.15, 0.2) is 54.6 Å². The third-order valence-electron chi connectivity index (χ3n) is 4.38. The van der Waals surface area contributed by atoms with Gasteiger partial charge in [0.2, 0.25) is 0 Å². The van der Waals surface area contributed by atoms with Crippen LogP contribution in [0.2, 0.25) is 0 Å². The normalized spacial score (nSPS) is 11.2. The van der Waals surface area contributed by atoms with Crippen molar-refractivity contribution in [1.82, 2.24) is 9.78 Å². The summed E-state index contributed by atoms with van der Waals surface area (Å²) in [5.41, 5.74) is 12.7. The lowest BCUT2D eigenvalue weighted by Crippen LogP contribution is -2.05. The van der Waals surface area contributed by atoms with E-state index >= 15 is 0 Å². The summed E-state index contributed by atoms with van der Waals surface area (Å²) >= 11 is 0. The molecule has 3 heteroatoms. The summed E-state index contributed by atoms with van der Waals surface area (Å²) in [6, 6.07) is 19.3. The Hall–Kier alpha value is -2.39. The SMILES string of the molecule is Cc1ccccc1-n1nc(CCN)cc1-c1ccc(C(C)C)cc1. The largest absolute Gasteiger partial charge is 0.330 e. The van der Waals surface area contributed by atoms with Gasteiger partial charge in [0.15, 0.2) is 0 Å². The first kappa shape index (κ1) is 16.5. The second-order valence-corrected chi connectivity index (χ2v) is 6.53.